The fourth-order valence-electron chi connectivity index (χ4n) is 13.9. The van der Waals surface area contributed by atoms with E-state index in [-0.39, 0.29) is 71.6 Å². The Balaban J connectivity index is 1.15. The van der Waals surface area contributed by atoms with E-state index >= 15 is 0 Å². The Morgan fingerprint density at radius 2 is 1.57 bits per heavy atom. The molecule has 0 radical (unpaired) electrons. The number of halogens is 2. The summed E-state index contributed by atoms with van der Waals surface area (Å²) in [7, 11) is 1.43. The fraction of sp³-hybridized carbons (Fsp3) is 0.727. The van der Waals surface area contributed by atoms with Crippen LogP contribution in [0.1, 0.15) is 128 Å². The van der Waals surface area contributed by atoms with Gasteiger partial charge in [-0.15, -0.1) is 0 Å². The number of ether oxygens (including phenoxy) is 1. The number of piperidine rings is 1. The highest BCUT2D eigenvalue weighted by molar-refractivity contribution is 5.90. The third kappa shape index (κ3) is 5.68. The Kier molecular flexibility index (Phi) is 9.03. The number of hydrogen-bond acceptors (Lipinski definition) is 4. The number of likely N-dealkylation sites (tertiary alicyclic amines) is 1. The largest absolute Gasteiger partial charge is 0.465 e. The summed E-state index contributed by atoms with van der Waals surface area (Å²) in [5.41, 5.74) is 4.69. The van der Waals surface area contributed by atoms with Crippen molar-refractivity contribution in [2.75, 3.05) is 26.7 Å². The Morgan fingerprint density at radius 1 is 0.882 bits per heavy atom. The third-order valence-corrected chi connectivity index (χ3v) is 16.6. The molecule has 6 aliphatic rings. The van der Waals surface area contributed by atoms with Crippen molar-refractivity contribution in [2.45, 2.75) is 124 Å². The van der Waals surface area contributed by atoms with Crippen LogP contribution < -0.4 is 5.32 Å². The molecule has 9 atom stereocenters. The molecule has 1 aliphatic heterocycles. The second kappa shape index (κ2) is 12.5. The molecule has 1 amide bonds. The topological polar surface area (TPSA) is 58.6 Å². The number of carbonyl (C=O) groups excluding carboxylic acids is 2. The minimum absolute atomic E-state index is 0.00831. The highest BCUT2D eigenvalue weighted by Crippen LogP contribution is 2.76. The second-order valence-corrected chi connectivity index (χ2v) is 19.1. The van der Waals surface area contributed by atoms with E-state index in [0.717, 1.165) is 32.1 Å². The molecule has 5 nitrogen and oxygen atoms in total. The maximum Gasteiger partial charge on any atom is 0.337 e. The van der Waals surface area contributed by atoms with E-state index in [4.69, 9.17) is 4.74 Å². The molecular formula is C44H62F2N2O3. The van der Waals surface area contributed by atoms with Gasteiger partial charge < -0.3 is 10.1 Å². The molecule has 7 rings (SSSR count). The minimum Gasteiger partial charge on any atom is -0.465 e. The first-order chi connectivity index (χ1) is 23.9. The van der Waals surface area contributed by atoms with Crippen molar-refractivity contribution in [3.05, 3.63) is 53.6 Å². The molecule has 1 aromatic rings. The number of alkyl halides is 2. The van der Waals surface area contributed by atoms with E-state index in [1.807, 2.05) is 17.0 Å². The van der Waals surface area contributed by atoms with Gasteiger partial charge in [0.15, 0.2) is 0 Å². The maximum atomic E-state index is 13.9. The lowest BCUT2D eigenvalue weighted by Crippen LogP contribution is -2.68. The number of nitrogens with one attached hydrogen (secondary N) is 1. The van der Waals surface area contributed by atoms with Crippen LogP contribution in [0.3, 0.4) is 0 Å². The summed E-state index contributed by atoms with van der Waals surface area (Å²) >= 11 is 0. The van der Waals surface area contributed by atoms with Crippen LogP contribution in [0.25, 0.3) is 5.57 Å². The molecule has 1 N–H and O–H groups in total. The summed E-state index contributed by atoms with van der Waals surface area (Å²) < 4.78 is 32.7. The maximum absolute atomic E-state index is 13.9. The number of methoxy groups -OCH3 is 1. The Labute approximate surface area is 305 Å². The molecule has 1 heterocycles. The quantitative estimate of drug-likeness (QED) is 0.237. The molecule has 51 heavy (non-hydrogen) atoms. The standard InChI is InChI=1S/C44H62F2N2O3/c1-28(2)31-15-20-43(47-36(49)27-48-25-23-44(45,46)24-26-48)22-21-41(6)33(37(31)43)13-14-35-40(5)18-16-32(29-9-11-30(12-10-29)38(50)51-8)39(3,4)34(40)17-19-42(35,41)7/h9-12,16,31,33-35,37H,1,13-15,17-27H2,2-8H3,(H,47,49). The molecule has 9 unspecified atom stereocenters. The number of rotatable bonds is 6. The average molecular weight is 705 g/mol. The summed E-state index contributed by atoms with van der Waals surface area (Å²) in [6.07, 6.45) is 12.2. The monoisotopic (exact) mass is 704 g/mol. The van der Waals surface area contributed by atoms with Gasteiger partial charge in [-0.2, -0.15) is 0 Å². The summed E-state index contributed by atoms with van der Waals surface area (Å²) in [5, 5.41) is 3.64. The van der Waals surface area contributed by atoms with Crippen LogP contribution >= 0.6 is 0 Å². The van der Waals surface area contributed by atoms with Gasteiger partial charge in [-0.25, -0.2) is 13.6 Å². The summed E-state index contributed by atoms with van der Waals surface area (Å²) in [4.78, 5) is 27.8. The second-order valence-electron chi connectivity index (χ2n) is 19.1. The molecule has 0 aromatic heterocycles. The first-order valence-corrected chi connectivity index (χ1v) is 19.9. The third-order valence-electron chi connectivity index (χ3n) is 16.6. The van der Waals surface area contributed by atoms with Crippen LogP contribution in [-0.2, 0) is 9.53 Å². The van der Waals surface area contributed by atoms with Gasteiger partial charge in [-0.3, -0.25) is 9.69 Å². The molecule has 4 saturated carbocycles. The first kappa shape index (κ1) is 36.8. The summed E-state index contributed by atoms with van der Waals surface area (Å²) in [6, 6.07) is 7.99. The van der Waals surface area contributed by atoms with E-state index in [1.165, 1.54) is 49.5 Å². The molecule has 5 aliphatic carbocycles. The summed E-state index contributed by atoms with van der Waals surface area (Å²) in [5.74, 6) is -0.501. The smallest absolute Gasteiger partial charge is 0.337 e. The molecular weight excluding hydrogens is 642 g/mol. The fourth-order valence-corrected chi connectivity index (χ4v) is 13.9. The number of amides is 1. The lowest BCUT2D eigenvalue weighted by Gasteiger charge is -2.72. The number of benzene rings is 1. The van der Waals surface area contributed by atoms with Gasteiger partial charge in [-0.1, -0.05) is 65.0 Å². The molecule has 1 saturated heterocycles. The SMILES string of the molecule is C=C(C)C1CCC2(NC(=O)CN3CCC(F)(F)CC3)CCC3(C)C(CCC4C5(C)CC=C(c6ccc(C(=O)OC)cc6)C(C)(C)C5CCC43C)C12. The van der Waals surface area contributed by atoms with Crippen LogP contribution in [0.2, 0.25) is 0 Å². The zero-order chi connectivity index (χ0) is 36.8. The van der Waals surface area contributed by atoms with Crippen molar-refractivity contribution in [2.24, 2.45) is 51.2 Å². The zero-order valence-corrected chi connectivity index (χ0v) is 32.3. The van der Waals surface area contributed by atoms with Crippen molar-refractivity contribution >= 4 is 17.4 Å². The van der Waals surface area contributed by atoms with Crippen LogP contribution in [-0.4, -0.2) is 55.0 Å². The molecule has 0 spiro atoms. The molecule has 280 valence electrons. The van der Waals surface area contributed by atoms with Gasteiger partial charge in [0.1, 0.15) is 0 Å². The van der Waals surface area contributed by atoms with Crippen molar-refractivity contribution in [1.82, 2.24) is 10.2 Å². The number of nitrogens with zero attached hydrogens (tertiary/aromatic N) is 1. The van der Waals surface area contributed by atoms with E-state index in [0.29, 0.717) is 35.2 Å². The van der Waals surface area contributed by atoms with Crippen LogP contribution in [0, 0.1) is 51.2 Å². The Hall–Kier alpha value is -2.54. The van der Waals surface area contributed by atoms with Gasteiger partial charge >= 0.3 is 5.97 Å². The predicted octanol–water partition coefficient (Wildman–Crippen LogP) is 9.72. The molecule has 1 aromatic carbocycles. The number of fused-ring (bicyclic) bond motifs is 7. The van der Waals surface area contributed by atoms with Crippen molar-refractivity contribution < 1.29 is 23.1 Å². The lowest BCUT2D eigenvalue weighted by molar-refractivity contribution is -0.219. The van der Waals surface area contributed by atoms with Gasteiger partial charge in [0, 0.05) is 31.5 Å². The molecule has 5 fully saturated rings. The molecule has 7 heteroatoms. The Bertz CT molecular complexity index is 1590. The summed E-state index contributed by atoms with van der Waals surface area (Å²) in [6.45, 7) is 20.3. The van der Waals surface area contributed by atoms with Crippen molar-refractivity contribution in [1.29, 1.82) is 0 Å². The van der Waals surface area contributed by atoms with Gasteiger partial charge in [-0.05, 0) is 139 Å². The highest BCUT2D eigenvalue weighted by atomic mass is 19.3. The van der Waals surface area contributed by atoms with Crippen molar-refractivity contribution in [3.8, 4) is 0 Å². The van der Waals surface area contributed by atoms with E-state index in [2.05, 4.69) is 71.6 Å². The van der Waals surface area contributed by atoms with E-state index < -0.39 is 5.92 Å². The number of allylic oxidation sites excluding steroid dienone is 3. The van der Waals surface area contributed by atoms with E-state index in [9.17, 15) is 18.4 Å². The lowest BCUT2D eigenvalue weighted by atomic mass is 9.33. The minimum atomic E-state index is -2.61. The van der Waals surface area contributed by atoms with E-state index in [1.54, 1.807) is 0 Å². The average Bonchev–Trinajstić information content (AvgIpc) is 3.45. The van der Waals surface area contributed by atoms with Crippen LogP contribution in [0.4, 0.5) is 8.78 Å². The Morgan fingerprint density at radius 3 is 2.22 bits per heavy atom. The normalized spacial score (nSPS) is 41.2. The number of hydrogen-bond donors (Lipinski definition) is 1. The van der Waals surface area contributed by atoms with Gasteiger partial charge in [0.05, 0.1) is 19.2 Å². The molecule has 0 bridgehead atoms. The number of esters is 1. The predicted molar refractivity (Wildman–Crippen MR) is 199 cm³/mol. The van der Waals surface area contributed by atoms with Gasteiger partial charge in [0.25, 0.3) is 5.92 Å². The van der Waals surface area contributed by atoms with Crippen LogP contribution in [0.5, 0.6) is 0 Å². The van der Waals surface area contributed by atoms with Crippen molar-refractivity contribution in [3.63, 3.8) is 0 Å². The van der Waals surface area contributed by atoms with Crippen LogP contribution in [0.15, 0.2) is 42.5 Å². The first-order valence-electron chi connectivity index (χ1n) is 19.9. The number of carbonyl (C=O) groups is 2. The highest BCUT2D eigenvalue weighted by Gasteiger charge is 2.70. The van der Waals surface area contributed by atoms with Gasteiger partial charge in [0.2, 0.25) is 5.91 Å². The zero-order valence-electron chi connectivity index (χ0n) is 32.3.